The highest BCUT2D eigenvalue weighted by Crippen LogP contribution is 2.17. The SMILES string of the molecule is COc1cccc(-n2c(=O)c3cc(N)ccc3n(CCN3CCCCC3)c2=O)c1. The number of nitrogen functional groups attached to an aromatic ring is 1. The van der Waals surface area contributed by atoms with Crippen molar-refractivity contribution in [1.82, 2.24) is 14.0 Å². The highest BCUT2D eigenvalue weighted by Gasteiger charge is 2.17. The summed E-state index contributed by atoms with van der Waals surface area (Å²) in [5, 5.41) is 0.436. The van der Waals surface area contributed by atoms with E-state index >= 15 is 0 Å². The van der Waals surface area contributed by atoms with Crippen molar-refractivity contribution in [3.63, 3.8) is 0 Å². The molecule has 1 aliphatic rings. The summed E-state index contributed by atoms with van der Waals surface area (Å²) in [6.45, 7) is 3.39. The number of methoxy groups -OCH3 is 1. The molecule has 4 rings (SSSR count). The van der Waals surface area contributed by atoms with Crippen LogP contribution in [0.4, 0.5) is 5.69 Å². The molecule has 1 saturated heterocycles. The van der Waals surface area contributed by atoms with Gasteiger partial charge in [-0.1, -0.05) is 12.5 Å². The molecule has 1 aromatic heterocycles. The monoisotopic (exact) mass is 394 g/mol. The number of piperidine rings is 1. The molecule has 152 valence electrons. The fourth-order valence-electron chi connectivity index (χ4n) is 4.01. The summed E-state index contributed by atoms with van der Waals surface area (Å²) in [5.41, 5.74) is 6.81. The van der Waals surface area contributed by atoms with E-state index in [0.29, 0.717) is 34.6 Å². The molecule has 0 saturated carbocycles. The topological polar surface area (TPSA) is 82.5 Å². The lowest BCUT2D eigenvalue weighted by Crippen LogP contribution is -2.41. The number of nitrogens with two attached hydrogens (primary N) is 1. The van der Waals surface area contributed by atoms with Crippen LogP contribution in [0.3, 0.4) is 0 Å². The smallest absolute Gasteiger partial charge is 0.336 e. The van der Waals surface area contributed by atoms with Crippen LogP contribution in [-0.4, -0.2) is 40.8 Å². The van der Waals surface area contributed by atoms with Gasteiger partial charge >= 0.3 is 5.69 Å². The number of aromatic nitrogens is 2. The Bertz CT molecular complexity index is 1140. The Morgan fingerprint density at radius 2 is 1.79 bits per heavy atom. The maximum Gasteiger partial charge on any atom is 0.336 e. The normalized spacial score (nSPS) is 14.9. The Hall–Kier alpha value is -3.06. The Labute approximate surface area is 168 Å². The Balaban J connectivity index is 1.87. The number of benzene rings is 2. The van der Waals surface area contributed by atoms with Crippen molar-refractivity contribution in [2.24, 2.45) is 0 Å². The number of rotatable bonds is 5. The largest absolute Gasteiger partial charge is 0.497 e. The van der Waals surface area contributed by atoms with Gasteiger partial charge in [-0.2, -0.15) is 0 Å². The van der Waals surface area contributed by atoms with Crippen LogP contribution in [0.25, 0.3) is 16.6 Å². The second-order valence-corrected chi connectivity index (χ2v) is 7.46. The second kappa shape index (κ2) is 8.13. The third-order valence-corrected chi connectivity index (χ3v) is 5.57. The molecule has 2 aromatic carbocycles. The van der Waals surface area contributed by atoms with E-state index < -0.39 is 0 Å². The minimum atomic E-state index is -0.375. The van der Waals surface area contributed by atoms with Crippen molar-refractivity contribution in [2.75, 3.05) is 32.5 Å². The molecule has 3 aromatic rings. The third kappa shape index (κ3) is 3.78. The molecule has 0 unspecified atom stereocenters. The molecular formula is C22H26N4O3. The van der Waals surface area contributed by atoms with Gasteiger partial charge in [0.15, 0.2) is 0 Å². The molecule has 2 heterocycles. The Kier molecular flexibility index (Phi) is 5.40. The van der Waals surface area contributed by atoms with Crippen LogP contribution in [0.5, 0.6) is 5.75 Å². The average Bonchev–Trinajstić information content (AvgIpc) is 2.75. The first-order chi connectivity index (χ1) is 14.1. The van der Waals surface area contributed by atoms with E-state index in [1.807, 2.05) is 0 Å². The van der Waals surface area contributed by atoms with Crippen LogP contribution < -0.4 is 21.7 Å². The fraction of sp³-hybridized carbons (Fsp3) is 0.364. The van der Waals surface area contributed by atoms with Crippen molar-refractivity contribution in [2.45, 2.75) is 25.8 Å². The van der Waals surface area contributed by atoms with Crippen LogP contribution in [0, 0.1) is 0 Å². The summed E-state index contributed by atoms with van der Waals surface area (Å²) in [7, 11) is 1.56. The summed E-state index contributed by atoms with van der Waals surface area (Å²) < 4.78 is 8.16. The van der Waals surface area contributed by atoms with Gasteiger partial charge in [0.05, 0.1) is 23.7 Å². The molecule has 0 radical (unpaired) electrons. The molecule has 0 atom stereocenters. The molecule has 0 amide bonds. The van der Waals surface area contributed by atoms with Crippen LogP contribution in [0.15, 0.2) is 52.1 Å². The molecule has 1 aliphatic heterocycles. The van der Waals surface area contributed by atoms with E-state index in [-0.39, 0.29) is 11.2 Å². The van der Waals surface area contributed by atoms with E-state index in [1.165, 1.54) is 23.8 Å². The molecular weight excluding hydrogens is 368 g/mol. The van der Waals surface area contributed by atoms with Gasteiger partial charge in [-0.25, -0.2) is 9.36 Å². The van der Waals surface area contributed by atoms with E-state index in [1.54, 1.807) is 54.1 Å². The summed E-state index contributed by atoms with van der Waals surface area (Å²) in [6.07, 6.45) is 3.64. The third-order valence-electron chi connectivity index (χ3n) is 5.57. The summed E-state index contributed by atoms with van der Waals surface area (Å²) >= 11 is 0. The van der Waals surface area contributed by atoms with E-state index in [0.717, 1.165) is 19.6 Å². The minimum absolute atomic E-state index is 0.350. The predicted octanol–water partition coefficient (Wildman–Crippen LogP) is 2.23. The number of anilines is 1. The van der Waals surface area contributed by atoms with Crippen molar-refractivity contribution < 1.29 is 4.74 Å². The lowest BCUT2D eigenvalue weighted by Gasteiger charge is -2.27. The molecule has 1 fully saturated rings. The van der Waals surface area contributed by atoms with Crippen molar-refractivity contribution in [3.8, 4) is 11.4 Å². The van der Waals surface area contributed by atoms with Crippen LogP contribution in [-0.2, 0) is 6.54 Å². The molecule has 0 spiro atoms. The van der Waals surface area contributed by atoms with Gasteiger partial charge in [-0.15, -0.1) is 0 Å². The standard InChI is InChI=1S/C22H26N4O3/c1-29-18-7-5-6-17(15-18)26-21(27)19-14-16(23)8-9-20(19)25(22(26)28)13-12-24-10-3-2-4-11-24/h5-9,14-15H,2-4,10-13,23H2,1H3. The van der Waals surface area contributed by atoms with E-state index in [4.69, 9.17) is 10.5 Å². The predicted molar refractivity (Wildman–Crippen MR) is 115 cm³/mol. The average molecular weight is 394 g/mol. The summed E-state index contributed by atoms with van der Waals surface area (Å²) in [6, 6.07) is 12.1. The zero-order valence-electron chi connectivity index (χ0n) is 16.6. The molecule has 0 bridgehead atoms. The molecule has 0 aliphatic carbocycles. The molecule has 2 N–H and O–H groups in total. The number of fused-ring (bicyclic) bond motifs is 1. The fourth-order valence-corrected chi connectivity index (χ4v) is 4.01. The number of hydrogen-bond acceptors (Lipinski definition) is 5. The minimum Gasteiger partial charge on any atom is -0.497 e. The highest BCUT2D eigenvalue weighted by atomic mass is 16.5. The number of nitrogens with zero attached hydrogens (tertiary/aromatic N) is 3. The molecule has 7 nitrogen and oxygen atoms in total. The highest BCUT2D eigenvalue weighted by molar-refractivity contribution is 5.81. The van der Waals surface area contributed by atoms with E-state index in [9.17, 15) is 9.59 Å². The van der Waals surface area contributed by atoms with Crippen molar-refractivity contribution >= 4 is 16.6 Å². The molecule has 29 heavy (non-hydrogen) atoms. The van der Waals surface area contributed by atoms with Crippen molar-refractivity contribution in [3.05, 3.63) is 63.3 Å². The Morgan fingerprint density at radius 3 is 2.55 bits per heavy atom. The van der Waals surface area contributed by atoms with Gasteiger partial charge in [-0.3, -0.25) is 9.36 Å². The lowest BCUT2D eigenvalue weighted by molar-refractivity contribution is 0.220. The zero-order chi connectivity index (χ0) is 20.4. The van der Waals surface area contributed by atoms with Crippen LogP contribution >= 0.6 is 0 Å². The van der Waals surface area contributed by atoms with Gasteiger partial charge in [0.2, 0.25) is 0 Å². The lowest BCUT2D eigenvalue weighted by atomic mass is 10.1. The first-order valence-electron chi connectivity index (χ1n) is 10.0. The Morgan fingerprint density at radius 1 is 1.00 bits per heavy atom. The van der Waals surface area contributed by atoms with Crippen LogP contribution in [0.1, 0.15) is 19.3 Å². The van der Waals surface area contributed by atoms with Crippen LogP contribution in [0.2, 0.25) is 0 Å². The van der Waals surface area contributed by atoms with Crippen molar-refractivity contribution in [1.29, 1.82) is 0 Å². The molecule has 7 heteroatoms. The van der Waals surface area contributed by atoms with Gasteiger partial charge in [-0.05, 0) is 56.3 Å². The van der Waals surface area contributed by atoms with Gasteiger partial charge in [0.1, 0.15) is 5.75 Å². The number of hydrogen-bond donors (Lipinski definition) is 1. The first-order valence-corrected chi connectivity index (χ1v) is 10.0. The second-order valence-electron chi connectivity index (χ2n) is 7.46. The maximum absolute atomic E-state index is 13.4. The maximum atomic E-state index is 13.4. The van der Waals surface area contributed by atoms with Gasteiger partial charge in [0, 0.05) is 24.8 Å². The first kappa shape index (κ1) is 19.3. The van der Waals surface area contributed by atoms with E-state index in [2.05, 4.69) is 4.90 Å². The summed E-state index contributed by atoms with van der Waals surface area (Å²) in [5.74, 6) is 0.585. The quantitative estimate of drug-likeness (QED) is 0.671. The zero-order valence-corrected chi connectivity index (χ0v) is 16.6. The van der Waals surface area contributed by atoms with Gasteiger partial charge < -0.3 is 15.4 Å². The number of likely N-dealkylation sites (tertiary alicyclic amines) is 1. The van der Waals surface area contributed by atoms with Gasteiger partial charge in [0.25, 0.3) is 5.56 Å². The summed E-state index contributed by atoms with van der Waals surface area (Å²) in [4.78, 5) is 29.0. The number of ether oxygens (including phenoxy) is 1.